The molecule has 0 aromatic rings. The van der Waals surface area contributed by atoms with E-state index >= 15 is 0 Å². The highest BCUT2D eigenvalue weighted by atomic mass is 16.5. The molecule has 2 atom stereocenters. The summed E-state index contributed by atoms with van der Waals surface area (Å²) in [7, 11) is 0. The van der Waals surface area contributed by atoms with Crippen molar-refractivity contribution in [3.63, 3.8) is 0 Å². The molecule has 0 radical (unpaired) electrons. The third-order valence-corrected chi connectivity index (χ3v) is 3.21. The minimum atomic E-state index is -0.353. The van der Waals surface area contributed by atoms with Crippen molar-refractivity contribution in [1.82, 2.24) is 4.90 Å². The number of ether oxygens (including phenoxy) is 1. The zero-order valence-corrected chi connectivity index (χ0v) is 8.82. The lowest BCUT2D eigenvalue weighted by molar-refractivity contribution is -0.129. The molecular formula is C11H16N2O2. The van der Waals surface area contributed by atoms with Gasteiger partial charge in [0.1, 0.15) is 5.78 Å². The molecule has 4 heteroatoms. The Morgan fingerprint density at radius 1 is 1.47 bits per heavy atom. The van der Waals surface area contributed by atoms with Gasteiger partial charge in [0.25, 0.3) is 0 Å². The van der Waals surface area contributed by atoms with E-state index in [1.165, 1.54) is 0 Å². The Bertz CT molecular complexity index is 285. The maximum Gasteiger partial charge on any atom is 0.156 e. The summed E-state index contributed by atoms with van der Waals surface area (Å²) >= 11 is 0. The standard InChI is InChI=1S/C11H16N2O2/c12-7-9-8-13(5-6-15-9)10-3-1-2-4-11(10)14/h9-10H,1-6,8H2. The second-order valence-corrected chi connectivity index (χ2v) is 4.21. The van der Waals surface area contributed by atoms with Gasteiger partial charge in [-0.25, -0.2) is 0 Å². The lowest BCUT2D eigenvalue weighted by Crippen LogP contribution is -2.51. The number of nitrogens with zero attached hydrogens (tertiary/aromatic N) is 2. The Morgan fingerprint density at radius 2 is 2.33 bits per heavy atom. The average Bonchev–Trinajstić information content (AvgIpc) is 2.30. The molecule has 0 aromatic heterocycles. The van der Waals surface area contributed by atoms with E-state index in [2.05, 4.69) is 11.0 Å². The summed E-state index contributed by atoms with van der Waals surface area (Å²) in [5, 5.41) is 8.79. The highest BCUT2D eigenvalue weighted by Gasteiger charge is 2.31. The fraction of sp³-hybridized carbons (Fsp3) is 0.818. The lowest BCUT2D eigenvalue weighted by atomic mass is 9.92. The Balaban J connectivity index is 1.97. The van der Waals surface area contributed by atoms with Crippen LogP contribution in [0.25, 0.3) is 0 Å². The summed E-state index contributed by atoms with van der Waals surface area (Å²) in [6.45, 7) is 1.95. The molecule has 1 aliphatic heterocycles. The van der Waals surface area contributed by atoms with Gasteiger partial charge in [0, 0.05) is 19.5 Å². The summed E-state index contributed by atoms with van der Waals surface area (Å²) in [5.41, 5.74) is 0. The minimum absolute atomic E-state index is 0.0542. The zero-order valence-electron chi connectivity index (χ0n) is 8.82. The predicted octanol–water partition coefficient (Wildman–Crippen LogP) is 0.722. The van der Waals surface area contributed by atoms with E-state index in [1.807, 2.05) is 0 Å². The molecule has 15 heavy (non-hydrogen) atoms. The Hall–Kier alpha value is -0.920. The van der Waals surface area contributed by atoms with E-state index in [0.717, 1.165) is 25.8 Å². The molecule has 0 aromatic carbocycles. The second kappa shape index (κ2) is 4.73. The maximum atomic E-state index is 11.7. The van der Waals surface area contributed by atoms with Gasteiger partial charge in [0.05, 0.1) is 18.7 Å². The zero-order chi connectivity index (χ0) is 10.7. The molecule has 0 amide bonds. The van der Waals surface area contributed by atoms with Crippen LogP contribution in [-0.2, 0) is 9.53 Å². The van der Waals surface area contributed by atoms with Gasteiger partial charge in [-0.3, -0.25) is 9.69 Å². The normalized spacial score (nSPS) is 33.7. The maximum absolute atomic E-state index is 11.7. The highest BCUT2D eigenvalue weighted by molar-refractivity contribution is 5.84. The molecule has 2 fully saturated rings. The van der Waals surface area contributed by atoms with Gasteiger partial charge >= 0.3 is 0 Å². The molecule has 4 nitrogen and oxygen atoms in total. The first kappa shape index (κ1) is 10.6. The fourth-order valence-electron chi connectivity index (χ4n) is 2.38. The Labute approximate surface area is 89.8 Å². The lowest BCUT2D eigenvalue weighted by Gasteiger charge is -2.37. The minimum Gasteiger partial charge on any atom is -0.361 e. The summed E-state index contributed by atoms with van der Waals surface area (Å²) < 4.78 is 5.27. The van der Waals surface area contributed by atoms with Crippen LogP contribution in [0.15, 0.2) is 0 Å². The van der Waals surface area contributed by atoms with Gasteiger partial charge in [-0.15, -0.1) is 0 Å². The molecule has 2 rings (SSSR count). The van der Waals surface area contributed by atoms with Gasteiger partial charge in [0.2, 0.25) is 0 Å². The molecular weight excluding hydrogens is 192 g/mol. The van der Waals surface area contributed by atoms with Crippen molar-refractivity contribution in [3.8, 4) is 6.07 Å². The molecule has 0 spiro atoms. The van der Waals surface area contributed by atoms with Crippen molar-refractivity contribution in [2.75, 3.05) is 19.7 Å². The number of rotatable bonds is 1. The Morgan fingerprint density at radius 3 is 3.07 bits per heavy atom. The molecule has 1 heterocycles. The van der Waals surface area contributed by atoms with E-state index in [4.69, 9.17) is 10.00 Å². The van der Waals surface area contributed by atoms with Crippen LogP contribution >= 0.6 is 0 Å². The monoisotopic (exact) mass is 208 g/mol. The van der Waals surface area contributed by atoms with Crippen molar-refractivity contribution in [1.29, 1.82) is 5.26 Å². The first-order chi connectivity index (χ1) is 7.31. The smallest absolute Gasteiger partial charge is 0.156 e. The average molecular weight is 208 g/mol. The number of hydrogen-bond acceptors (Lipinski definition) is 4. The predicted molar refractivity (Wildman–Crippen MR) is 54.2 cm³/mol. The van der Waals surface area contributed by atoms with Gasteiger partial charge < -0.3 is 4.74 Å². The quantitative estimate of drug-likeness (QED) is 0.637. The number of carbonyl (C=O) groups excluding carboxylic acids is 1. The number of nitriles is 1. The van der Waals surface area contributed by atoms with Gasteiger partial charge in [0.15, 0.2) is 6.10 Å². The number of hydrogen-bond donors (Lipinski definition) is 0. The topological polar surface area (TPSA) is 53.3 Å². The summed E-state index contributed by atoms with van der Waals surface area (Å²) in [6, 6.07) is 2.17. The van der Waals surface area contributed by atoms with Crippen LogP contribution in [0.5, 0.6) is 0 Å². The molecule has 1 aliphatic carbocycles. The first-order valence-corrected chi connectivity index (χ1v) is 5.59. The molecule has 2 unspecified atom stereocenters. The van der Waals surface area contributed by atoms with Crippen molar-refractivity contribution >= 4 is 5.78 Å². The van der Waals surface area contributed by atoms with Crippen LogP contribution in [0.3, 0.4) is 0 Å². The molecule has 2 aliphatic rings. The van der Waals surface area contributed by atoms with E-state index in [0.29, 0.717) is 25.4 Å². The van der Waals surface area contributed by atoms with Crippen molar-refractivity contribution in [2.45, 2.75) is 37.8 Å². The van der Waals surface area contributed by atoms with Gasteiger partial charge in [-0.1, -0.05) is 6.42 Å². The SMILES string of the molecule is N#CC1CN(C2CCCCC2=O)CCO1. The molecule has 0 bridgehead atoms. The summed E-state index contributed by atoms with van der Waals surface area (Å²) in [5.74, 6) is 0.347. The van der Waals surface area contributed by atoms with Crippen LogP contribution in [-0.4, -0.2) is 42.5 Å². The largest absolute Gasteiger partial charge is 0.361 e. The Kier molecular flexibility index (Phi) is 3.34. The van der Waals surface area contributed by atoms with Crippen LogP contribution in [0.1, 0.15) is 25.7 Å². The van der Waals surface area contributed by atoms with Gasteiger partial charge in [-0.2, -0.15) is 5.26 Å². The second-order valence-electron chi connectivity index (χ2n) is 4.21. The molecule has 0 N–H and O–H groups in total. The van der Waals surface area contributed by atoms with Crippen LogP contribution in [0, 0.1) is 11.3 Å². The van der Waals surface area contributed by atoms with E-state index < -0.39 is 0 Å². The number of ketones is 1. The molecule has 82 valence electrons. The van der Waals surface area contributed by atoms with E-state index in [-0.39, 0.29) is 12.1 Å². The third-order valence-electron chi connectivity index (χ3n) is 3.21. The van der Waals surface area contributed by atoms with Gasteiger partial charge in [-0.05, 0) is 12.8 Å². The van der Waals surface area contributed by atoms with Crippen LogP contribution in [0.4, 0.5) is 0 Å². The van der Waals surface area contributed by atoms with E-state index in [1.54, 1.807) is 0 Å². The highest BCUT2D eigenvalue weighted by Crippen LogP contribution is 2.21. The first-order valence-electron chi connectivity index (χ1n) is 5.59. The van der Waals surface area contributed by atoms with Crippen molar-refractivity contribution in [3.05, 3.63) is 0 Å². The number of Topliss-reactive ketones (excluding diaryl/α,β-unsaturated/α-hetero) is 1. The molecule has 1 saturated carbocycles. The molecule has 1 saturated heterocycles. The summed E-state index contributed by atoms with van der Waals surface area (Å²) in [4.78, 5) is 13.8. The van der Waals surface area contributed by atoms with Crippen LogP contribution in [0.2, 0.25) is 0 Å². The van der Waals surface area contributed by atoms with Crippen LogP contribution < -0.4 is 0 Å². The number of morpholine rings is 1. The van der Waals surface area contributed by atoms with E-state index in [9.17, 15) is 4.79 Å². The summed E-state index contributed by atoms with van der Waals surface area (Å²) in [6.07, 6.45) is 3.47. The third kappa shape index (κ3) is 2.36. The number of carbonyl (C=O) groups is 1. The van der Waals surface area contributed by atoms with Crippen molar-refractivity contribution < 1.29 is 9.53 Å². The fourth-order valence-corrected chi connectivity index (χ4v) is 2.38. The van der Waals surface area contributed by atoms with Crippen molar-refractivity contribution in [2.24, 2.45) is 0 Å².